The Hall–Kier alpha value is -0.610. The van der Waals surface area contributed by atoms with Crippen LogP contribution in [0.3, 0.4) is 0 Å². The fourth-order valence-corrected chi connectivity index (χ4v) is 3.82. The van der Waals surface area contributed by atoms with E-state index in [4.69, 9.17) is 4.74 Å². The number of hydrogen-bond donors (Lipinski definition) is 1. The van der Waals surface area contributed by atoms with Crippen LogP contribution in [0.25, 0.3) is 0 Å². The van der Waals surface area contributed by atoms with Crippen molar-refractivity contribution in [2.75, 3.05) is 7.11 Å². The van der Waals surface area contributed by atoms with Gasteiger partial charge in [0, 0.05) is 18.6 Å². The molecule has 0 spiro atoms. The van der Waals surface area contributed by atoms with Gasteiger partial charge in [-0.15, -0.1) is 0 Å². The summed E-state index contributed by atoms with van der Waals surface area (Å²) in [6.07, 6.45) is 5.58. The molecule has 20 heavy (non-hydrogen) atoms. The Labute approximate surface area is 123 Å². The molecule has 1 saturated heterocycles. The van der Waals surface area contributed by atoms with Crippen molar-refractivity contribution >= 4 is 5.91 Å². The van der Waals surface area contributed by atoms with Crippen LogP contribution in [0.2, 0.25) is 0 Å². The van der Waals surface area contributed by atoms with Crippen LogP contribution in [0.15, 0.2) is 0 Å². The van der Waals surface area contributed by atoms with Crippen LogP contribution in [-0.2, 0) is 9.53 Å². The summed E-state index contributed by atoms with van der Waals surface area (Å²) in [6.45, 7) is 8.76. The van der Waals surface area contributed by atoms with E-state index in [0.29, 0.717) is 11.9 Å². The molecule has 1 aliphatic heterocycles. The maximum atomic E-state index is 12.7. The lowest BCUT2D eigenvalue weighted by Gasteiger charge is -2.55. The fraction of sp³-hybridized carbons (Fsp3) is 0.938. The Balaban J connectivity index is 2.13. The summed E-state index contributed by atoms with van der Waals surface area (Å²) >= 11 is 0. The first kappa shape index (κ1) is 15.8. The zero-order valence-electron chi connectivity index (χ0n) is 13.6. The maximum Gasteiger partial charge on any atom is 0.241 e. The van der Waals surface area contributed by atoms with E-state index in [9.17, 15) is 4.79 Å². The number of hydrogen-bond acceptors (Lipinski definition) is 3. The van der Waals surface area contributed by atoms with Gasteiger partial charge in [0.15, 0.2) is 0 Å². The van der Waals surface area contributed by atoms with Crippen LogP contribution in [0, 0.1) is 5.41 Å². The highest BCUT2D eigenvalue weighted by Gasteiger charge is 2.56. The highest BCUT2D eigenvalue weighted by Crippen LogP contribution is 2.47. The second-order valence-corrected chi connectivity index (χ2v) is 6.86. The molecule has 2 aliphatic rings. The number of methoxy groups -OCH3 is 1. The molecule has 2 fully saturated rings. The van der Waals surface area contributed by atoms with Gasteiger partial charge < -0.3 is 9.64 Å². The predicted octanol–water partition coefficient (Wildman–Crippen LogP) is 2.53. The number of rotatable bonds is 6. The Morgan fingerprint density at radius 3 is 2.45 bits per heavy atom. The molecule has 0 bridgehead atoms. The van der Waals surface area contributed by atoms with Gasteiger partial charge in [-0.05, 0) is 19.3 Å². The van der Waals surface area contributed by atoms with Crippen molar-refractivity contribution in [1.82, 2.24) is 10.2 Å². The summed E-state index contributed by atoms with van der Waals surface area (Å²) in [5, 5.41) is 3.55. The molecule has 4 heteroatoms. The van der Waals surface area contributed by atoms with Gasteiger partial charge in [-0.2, -0.15) is 0 Å². The highest BCUT2D eigenvalue weighted by atomic mass is 16.5. The van der Waals surface area contributed by atoms with Crippen molar-refractivity contribution in [3.8, 4) is 0 Å². The van der Waals surface area contributed by atoms with E-state index in [1.54, 1.807) is 7.11 Å². The van der Waals surface area contributed by atoms with E-state index < -0.39 is 0 Å². The molecule has 1 aliphatic carbocycles. The van der Waals surface area contributed by atoms with E-state index in [1.165, 1.54) is 0 Å². The van der Waals surface area contributed by atoms with Crippen molar-refractivity contribution in [2.45, 2.75) is 84.2 Å². The molecular weight excluding hydrogens is 252 g/mol. The number of carbonyl (C=O) groups excluding carboxylic acids is 1. The number of nitrogens with one attached hydrogen (secondary N) is 1. The molecule has 0 aromatic carbocycles. The Morgan fingerprint density at radius 1 is 1.30 bits per heavy atom. The minimum Gasteiger partial charge on any atom is -0.381 e. The van der Waals surface area contributed by atoms with Gasteiger partial charge in [-0.1, -0.05) is 40.5 Å². The molecule has 1 saturated carbocycles. The molecule has 1 heterocycles. The standard InChI is InChI=1S/C16H30N2O2/c1-6-8-11-15(19)18(14(17-11)9-7-2)12-10-13(20-5)16(12,3)4/h11-14,17H,6-10H2,1-5H3. The number of amides is 1. The van der Waals surface area contributed by atoms with Crippen molar-refractivity contribution in [1.29, 1.82) is 0 Å². The molecule has 4 nitrogen and oxygen atoms in total. The van der Waals surface area contributed by atoms with Crippen LogP contribution < -0.4 is 5.32 Å². The topological polar surface area (TPSA) is 41.6 Å². The monoisotopic (exact) mass is 282 g/mol. The average Bonchev–Trinajstić information content (AvgIpc) is 2.68. The lowest BCUT2D eigenvalue weighted by Crippen LogP contribution is -2.64. The molecular formula is C16H30N2O2. The van der Waals surface area contributed by atoms with Gasteiger partial charge in [0.25, 0.3) is 0 Å². The van der Waals surface area contributed by atoms with E-state index >= 15 is 0 Å². The summed E-state index contributed by atoms with van der Waals surface area (Å²) in [4.78, 5) is 14.9. The van der Waals surface area contributed by atoms with Crippen LogP contribution in [0.1, 0.15) is 59.8 Å². The van der Waals surface area contributed by atoms with Crippen LogP contribution in [0.4, 0.5) is 0 Å². The maximum absolute atomic E-state index is 12.7. The highest BCUT2D eigenvalue weighted by molar-refractivity contribution is 5.84. The van der Waals surface area contributed by atoms with Crippen molar-refractivity contribution in [3.05, 3.63) is 0 Å². The number of carbonyl (C=O) groups is 1. The normalized spacial score (nSPS) is 36.2. The summed E-state index contributed by atoms with van der Waals surface area (Å²) < 4.78 is 5.54. The van der Waals surface area contributed by atoms with Gasteiger partial charge in [0.2, 0.25) is 5.91 Å². The van der Waals surface area contributed by atoms with Crippen molar-refractivity contribution in [2.24, 2.45) is 5.41 Å². The molecule has 116 valence electrons. The first-order chi connectivity index (χ1) is 9.47. The smallest absolute Gasteiger partial charge is 0.241 e. The van der Waals surface area contributed by atoms with Crippen molar-refractivity contribution in [3.63, 3.8) is 0 Å². The molecule has 4 unspecified atom stereocenters. The molecule has 4 atom stereocenters. The Bertz CT molecular complexity index is 356. The quantitative estimate of drug-likeness (QED) is 0.814. The average molecular weight is 282 g/mol. The van der Waals surface area contributed by atoms with Gasteiger partial charge in [-0.25, -0.2) is 0 Å². The van der Waals surface area contributed by atoms with Crippen LogP contribution in [0.5, 0.6) is 0 Å². The van der Waals surface area contributed by atoms with E-state index in [2.05, 4.69) is 37.9 Å². The second-order valence-electron chi connectivity index (χ2n) is 6.86. The third-order valence-electron chi connectivity index (χ3n) is 5.17. The molecule has 0 aromatic heterocycles. The second kappa shape index (κ2) is 6.02. The first-order valence-electron chi connectivity index (χ1n) is 8.08. The minimum atomic E-state index is 0.0222. The van der Waals surface area contributed by atoms with Gasteiger partial charge in [0.1, 0.15) is 0 Å². The molecule has 2 rings (SSSR count). The lowest BCUT2D eigenvalue weighted by atomic mass is 9.63. The van der Waals surface area contributed by atoms with Gasteiger partial charge in [0.05, 0.1) is 18.3 Å². The number of nitrogens with zero attached hydrogens (tertiary/aromatic N) is 1. The molecule has 0 aromatic rings. The SMILES string of the molecule is CCCC1NC(CCC)N(C2CC(OC)C2(C)C)C1=O. The van der Waals surface area contributed by atoms with Gasteiger partial charge in [-0.3, -0.25) is 10.1 Å². The fourth-order valence-electron chi connectivity index (χ4n) is 3.82. The first-order valence-corrected chi connectivity index (χ1v) is 8.08. The zero-order valence-corrected chi connectivity index (χ0v) is 13.6. The predicted molar refractivity (Wildman–Crippen MR) is 80.4 cm³/mol. The summed E-state index contributed by atoms with van der Waals surface area (Å²) in [7, 11) is 1.77. The molecule has 1 amide bonds. The summed E-state index contributed by atoms with van der Waals surface area (Å²) in [5.74, 6) is 0.304. The Kier molecular flexibility index (Phi) is 4.75. The summed E-state index contributed by atoms with van der Waals surface area (Å²) in [5.41, 5.74) is 0.0547. The lowest BCUT2D eigenvalue weighted by molar-refractivity contribution is -0.162. The Morgan fingerprint density at radius 2 is 1.95 bits per heavy atom. The number of ether oxygens (including phenoxy) is 1. The van der Waals surface area contributed by atoms with Crippen LogP contribution >= 0.6 is 0 Å². The molecule has 1 N–H and O–H groups in total. The van der Waals surface area contributed by atoms with Crippen molar-refractivity contribution < 1.29 is 9.53 Å². The van der Waals surface area contributed by atoms with E-state index in [1.807, 2.05) is 0 Å². The van der Waals surface area contributed by atoms with E-state index in [0.717, 1.165) is 32.1 Å². The van der Waals surface area contributed by atoms with Crippen LogP contribution in [-0.4, -0.2) is 42.3 Å². The zero-order chi connectivity index (χ0) is 14.9. The largest absolute Gasteiger partial charge is 0.381 e. The van der Waals surface area contributed by atoms with E-state index in [-0.39, 0.29) is 23.7 Å². The van der Waals surface area contributed by atoms with Gasteiger partial charge >= 0.3 is 0 Å². The third kappa shape index (κ3) is 2.48. The molecule has 0 radical (unpaired) electrons. The third-order valence-corrected chi connectivity index (χ3v) is 5.17. The summed E-state index contributed by atoms with van der Waals surface area (Å²) in [6, 6.07) is 0.333. The minimum absolute atomic E-state index is 0.0222.